The van der Waals surface area contributed by atoms with Crippen molar-refractivity contribution in [3.05, 3.63) is 30.0 Å². The molecule has 1 fully saturated rings. The molecule has 1 unspecified atom stereocenters. The lowest BCUT2D eigenvalue weighted by Crippen LogP contribution is -2.35. The van der Waals surface area contributed by atoms with Gasteiger partial charge in [-0.25, -0.2) is 0 Å². The SMILES string of the molecule is COc1cc2c(C)ccnc2cc1OCCCN1CCCC(C)C1. The maximum absolute atomic E-state index is 6.00. The molecule has 0 saturated carbocycles. The number of methoxy groups -OCH3 is 1. The standard InChI is InChI=1S/C20H28N2O2/c1-15-6-4-9-22(14-15)10-5-11-24-20-13-18-17(12-19(20)23-3)16(2)7-8-21-18/h7-8,12-13,15H,4-6,9-11,14H2,1-3H3. The van der Waals surface area contributed by atoms with Crippen molar-refractivity contribution in [2.75, 3.05) is 33.4 Å². The zero-order valence-electron chi connectivity index (χ0n) is 15.0. The van der Waals surface area contributed by atoms with Gasteiger partial charge in [0.2, 0.25) is 0 Å². The first-order chi connectivity index (χ1) is 11.7. The molecule has 0 N–H and O–H groups in total. The number of fused-ring (bicyclic) bond motifs is 1. The largest absolute Gasteiger partial charge is 0.493 e. The number of piperidine rings is 1. The number of aryl methyl sites for hydroxylation is 1. The van der Waals surface area contributed by atoms with E-state index in [-0.39, 0.29) is 0 Å². The molecule has 0 amide bonds. The summed E-state index contributed by atoms with van der Waals surface area (Å²) in [5, 5.41) is 1.11. The molecule has 130 valence electrons. The van der Waals surface area contributed by atoms with Gasteiger partial charge in [-0.05, 0) is 56.3 Å². The van der Waals surface area contributed by atoms with E-state index in [1.807, 2.05) is 24.4 Å². The van der Waals surface area contributed by atoms with Crippen LogP contribution in [-0.2, 0) is 0 Å². The lowest BCUT2D eigenvalue weighted by atomic mass is 10.0. The van der Waals surface area contributed by atoms with Crippen LogP contribution in [-0.4, -0.2) is 43.2 Å². The Hall–Kier alpha value is -1.81. The number of pyridine rings is 1. The number of hydrogen-bond donors (Lipinski definition) is 0. The van der Waals surface area contributed by atoms with Gasteiger partial charge < -0.3 is 14.4 Å². The number of nitrogens with zero attached hydrogens (tertiary/aromatic N) is 2. The Labute approximate surface area is 144 Å². The summed E-state index contributed by atoms with van der Waals surface area (Å²) in [6, 6.07) is 6.03. The van der Waals surface area contributed by atoms with E-state index < -0.39 is 0 Å². The molecular weight excluding hydrogens is 300 g/mol. The van der Waals surface area contributed by atoms with E-state index in [4.69, 9.17) is 9.47 Å². The third-order valence-corrected chi connectivity index (χ3v) is 4.86. The van der Waals surface area contributed by atoms with Gasteiger partial charge >= 0.3 is 0 Å². The van der Waals surface area contributed by atoms with E-state index >= 15 is 0 Å². The van der Waals surface area contributed by atoms with Crippen LogP contribution in [0.25, 0.3) is 10.9 Å². The van der Waals surface area contributed by atoms with Gasteiger partial charge in [0, 0.05) is 30.7 Å². The van der Waals surface area contributed by atoms with E-state index in [9.17, 15) is 0 Å². The van der Waals surface area contributed by atoms with Gasteiger partial charge in [-0.3, -0.25) is 4.98 Å². The van der Waals surface area contributed by atoms with E-state index in [1.54, 1.807) is 7.11 Å². The van der Waals surface area contributed by atoms with Gasteiger partial charge in [0.25, 0.3) is 0 Å². The molecule has 24 heavy (non-hydrogen) atoms. The van der Waals surface area contributed by atoms with E-state index in [2.05, 4.69) is 23.7 Å². The summed E-state index contributed by atoms with van der Waals surface area (Å²) in [6.45, 7) is 8.70. The van der Waals surface area contributed by atoms with Crippen molar-refractivity contribution in [1.82, 2.24) is 9.88 Å². The maximum atomic E-state index is 6.00. The molecule has 3 rings (SSSR count). The Morgan fingerprint density at radius 2 is 2.17 bits per heavy atom. The van der Waals surface area contributed by atoms with Crippen LogP contribution < -0.4 is 9.47 Å². The van der Waals surface area contributed by atoms with Crippen LogP contribution >= 0.6 is 0 Å². The van der Waals surface area contributed by atoms with Crippen LogP contribution in [0.5, 0.6) is 11.5 Å². The van der Waals surface area contributed by atoms with Crippen molar-refractivity contribution < 1.29 is 9.47 Å². The number of aromatic nitrogens is 1. The summed E-state index contributed by atoms with van der Waals surface area (Å²) in [5.41, 5.74) is 2.15. The zero-order valence-corrected chi connectivity index (χ0v) is 15.0. The zero-order chi connectivity index (χ0) is 16.9. The van der Waals surface area contributed by atoms with Crippen molar-refractivity contribution in [2.45, 2.75) is 33.1 Å². The second kappa shape index (κ2) is 7.84. The van der Waals surface area contributed by atoms with Crippen LogP contribution in [0.4, 0.5) is 0 Å². The molecule has 1 aliphatic rings. The van der Waals surface area contributed by atoms with E-state index in [0.29, 0.717) is 6.61 Å². The van der Waals surface area contributed by atoms with Gasteiger partial charge in [-0.2, -0.15) is 0 Å². The van der Waals surface area contributed by atoms with E-state index in [0.717, 1.165) is 41.3 Å². The van der Waals surface area contributed by atoms with E-state index in [1.165, 1.54) is 31.5 Å². The van der Waals surface area contributed by atoms with Crippen molar-refractivity contribution in [1.29, 1.82) is 0 Å². The number of rotatable bonds is 6. The van der Waals surface area contributed by atoms with Gasteiger partial charge in [0.15, 0.2) is 11.5 Å². The monoisotopic (exact) mass is 328 g/mol. The second-order valence-electron chi connectivity index (χ2n) is 6.90. The van der Waals surface area contributed by atoms with Crippen molar-refractivity contribution in [2.24, 2.45) is 5.92 Å². The van der Waals surface area contributed by atoms with Gasteiger partial charge in [0.1, 0.15) is 0 Å². The molecule has 1 aromatic carbocycles. The third-order valence-electron chi connectivity index (χ3n) is 4.86. The first kappa shape index (κ1) is 17.0. The molecule has 0 aliphatic carbocycles. The van der Waals surface area contributed by atoms with Crippen molar-refractivity contribution >= 4 is 10.9 Å². The minimum atomic E-state index is 0.707. The predicted octanol–water partition coefficient (Wildman–Crippen LogP) is 4.05. The minimum Gasteiger partial charge on any atom is -0.493 e. The van der Waals surface area contributed by atoms with Crippen LogP contribution in [0, 0.1) is 12.8 Å². The topological polar surface area (TPSA) is 34.6 Å². The lowest BCUT2D eigenvalue weighted by molar-refractivity contribution is 0.169. The number of benzene rings is 1. The van der Waals surface area contributed by atoms with Crippen molar-refractivity contribution in [3.63, 3.8) is 0 Å². The molecule has 4 nitrogen and oxygen atoms in total. The molecular formula is C20H28N2O2. The molecule has 2 heterocycles. The molecule has 1 aliphatic heterocycles. The highest BCUT2D eigenvalue weighted by atomic mass is 16.5. The lowest BCUT2D eigenvalue weighted by Gasteiger charge is -2.30. The number of hydrogen-bond acceptors (Lipinski definition) is 4. The summed E-state index contributed by atoms with van der Waals surface area (Å²) in [5.74, 6) is 2.40. The quantitative estimate of drug-likeness (QED) is 0.749. The Bertz CT molecular complexity index is 687. The first-order valence-corrected chi connectivity index (χ1v) is 8.96. The average molecular weight is 328 g/mol. The fourth-order valence-corrected chi connectivity index (χ4v) is 3.52. The highest BCUT2D eigenvalue weighted by Gasteiger charge is 2.15. The highest BCUT2D eigenvalue weighted by Crippen LogP contribution is 2.32. The van der Waals surface area contributed by atoms with Crippen molar-refractivity contribution in [3.8, 4) is 11.5 Å². The molecule has 0 radical (unpaired) electrons. The molecule has 0 bridgehead atoms. The summed E-state index contributed by atoms with van der Waals surface area (Å²) >= 11 is 0. The van der Waals surface area contributed by atoms with Crippen LogP contribution in [0.3, 0.4) is 0 Å². The van der Waals surface area contributed by atoms with Crippen LogP contribution in [0.15, 0.2) is 24.4 Å². The molecule has 2 aromatic rings. The molecule has 1 aromatic heterocycles. The van der Waals surface area contributed by atoms with Gasteiger partial charge in [-0.15, -0.1) is 0 Å². The third kappa shape index (κ3) is 3.99. The Kier molecular flexibility index (Phi) is 5.56. The number of likely N-dealkylation sites (tertiary alicyclic amines) is 1. The Morgan fingerprint density at radius 3 is 2.96 bits per heavy atom. The average Bonchev–Trinajstić information content (AvgIpc) is 2.58. The fourth-order valence-electron chi connectivity index (χ4n) is 3.52. The molecule has 1 saturated heterocycles. The summed E-state index contributed by atoms with van der Waals surface area (Å²) < 4.78 is 11.5. The predicted molar refractivity (Wildman–Crippen MR) is 98.0 cm³/mol. The second-order valence-corrected chi connectivity index (χ2v) is 6.90. The fraction of sp³-hybridized carbons (Fsp3) is 0.550. The van der Waals surface area contributed by atoms with Gasteiger partial charge in [-0.1, -0.05) is 6.92 Å². The van der Waals surface area contributed by atoms with Gasteiger partial charge in [0.05, 0.1) is 19.2 Å². The van der Waals surface area contributed by atoms with Crippen LogP contribution in [0.2, 0.25) is 0 Å². The highest BCUT2D eigenvalue weighted by molar-refractivity contribution is 5.85. The molecule has 4 heteroatoms. The first-order valence-electron chi connectivity index (χ1n) is 8.96. The normalized spacial score (nSPS) is 18.7. The minimum absolute atomic E-state index is 0.707. The Balaban J connectivity index is 1.60. The maximum Gasteiger partial charge on any atom is 0.163 e. The molecule has 1 atom stereocenters. The summed E-state index contributed by atoms with van der Waals surface area (Å²) in [7, 11) is 1.69. The summed E-state index contributed by atoms with van der Waals surface area (Å²) in [4.78, 5) is 7.00. The Morgan fingerprint density at radius 1 is 1.29 bits per heavy atom. The molecule has 0 spiro atoms. The number of ether oxygens (including phenoxy) is 2. The summed E-state index contributed by atoms with van der Waals surface area (Å²) in [6.07, 6.45) is 5.57. The smallest absolute Gasteiger partial charge is 0.163 e. The van der Waals surface area contributed by atoms with Crippen LogP contribution in [0.1, 0.15) is 31.7 Å².